The summed E-state index contributed by atoms with van der Waals surface area (Å²) in [5, 5.41) is 12.9. The van der Waals surface area contributed by atoms with Crippen molar-refractivity contribution >= 4 is 22.8 Å². The van der Waals surface area contributed by atoms with E-state index < -0.39 is 0 Å². The summed E-state index contributed by atoms with van der Waals surface area (Å²) in [6.07, 6.45) is 3.88. The summed E-state index contributed by atoms with van der Waals surface area (Å²) in [5.41, 5.74) is 1.09. The fourth-order valence-electron chi connectivity index (χ4n) is 4.15. The van der Waals surface area contributed by atoms with Crippen LogP contribution in [0.2, 0.25) is 0 Å². The van der Waals surface area contributed by atoms with Crippen molar-refractivity contribution in [2.45, 2.75) is 31.3 Å². The number of nitriles is 1. The fraction of sp³-hybridized carbons (Fsp3) is 0.476. The molecule has 2 amide bonds. The number of carbonyl (C=O) groups excluding carboxylic acids is 2. The average molecular weight is 396 g/mol. The maximum Gasteiger partial charge on any atom is 0.255 e. The lowest BCUT2D eigenvalue weighted by molar-refractivity contribution is -0.132. The molecule has 8 heteroatoms. The number of benzene rings is 1. The topological polar surface area (TPSA) is 98.8 Å². The Hall–Kier alpha value is -3.05. The Morgan fingerprint density at radius 1 is 1.34 bits per heavy atom. The molecule has 3 heterocycles. The van der Waals surface area contributed by atoms with Crippen LogP contribution >= 0.6 is 0 Å². The van der Waals surface area contributed by atoms with Crippen molar-refractivity contribution < 1.29 is 18.7 Å². The second kappa shape index (κ2) is 8.13. The van der Waals surface area contributed by atoms with Crippen LogP contribution in [0.25, 0.3) is 11.0 Å². The Morgan fingerprint density at radius 2 is 2.21 bits per heavy atom. The Morgan fingerprint density at radius 3 is 3.00 bits per heavy atom. The quantitative estimate of drug-likeness (QED) is 0.827. The van der Waals surface area contributed by atoms with E-state index in [1.807, 2.05) is 11.0 Å². The molecule has 1 aromatic carbocycles. The van der Waals surface area contributed by atoms with Gasteiger partial charge in [0.2, 0.25) is 5.91 Å². The predicted octanol–water partition coefficient (Wildman–Crippen LogP) is 1.76. The van der Waals surface area contributed by atoms with Crippen LogP contribution < -0.4 is 10.1 Å². The number of carbonyl (C=O) groups is 2. The molecule has 2 atom stereocenters. The number of rotatable bonds is 5. The van der Waals surface area contributed by atoms with Gasteiger partial charge in [0, 0.05) is 37.1 Å². The number of nitrogens with zero attached hydrogens (tertiary/aromatic N) is 3. The van der Waals surface area contributed by atoms with Gasteiger partial charge in [-0.15, -0.1) is 0 Å². The summed E-state index contributed by atoms with van der Waals surface area (Å²) < 4.78 is 10.7. The third-order valence-corrected chi connectivity index (χ3v) is 5.72. The minimum atomic E-state index is -0.298. The molecule has 152 valence electrons. The molecule has 0 bridgehead atoms. The third-order valence-electron chi connectivity index (χ3n) is 5.72. The molecule has 0 aliphatic carbocycles. The molecule has 2 fully saturated rings. The molecule has 0 saturated carbocycles. The van der Waals surface area contributed by atoms with E-state index in [2.05, 4.69) is 11.4 Å². The lowest BCUT2D eigenvalue weighted by Crippen LogP contribution is -2.43. The van der Waals surface area contributed by atoms with Gasteiger partial charge in [0.25, 0.3) is 5.91 Å². The number of hydrogen-bond donors (Lipinski definition) is 1. The molecule has 2 aliphatic rings. The van der Waals surface area contributed by atoms with Gasteiger partial charge in [-0.2, -0.15) is 5.26 Å². The molecule has 29 heavy (non-hydrogen) atoms. The van der Waals surface area contributed by atoms with Crippen molar-refractivity contribution in [3.05, 3.63) is 30.0 Å². The van der Waals surface area contributed by atoms with Gasteiger partial charge in [0.1, 0.15) is 23.6 Å². The summed E-state index contributed by atoms with van der Waals surface area (Å²) in [4.78, 5) is 28.9. The number of likely N-dealkylation sites (tertiary alicyclic amines) is 2. The van der Waals surface area contributed by atoms with Crippen LogP contribution in [0.4, 0.5) is 0 Å². The van der Waals surface area contributed by atoms with Gasteiger partial charge in [0.15, 0.2) is 0 Å². The molecule has 1 aromatic heterocycles. The van der Waals surface area contributed by atoms with Crippen LogP contribution in [0.3, 0.4) is 0 Å². The monoisotopic (exact) mass is 396 g/mol. The van der Waals surface area contributed by atoms with E-state index in [1.54, 1.807) is 24.1 Å². The molecule has 2 saturated heterocycles. The van der Waals surface area contributed by atoms with Crippen LogP contribution in [0.15, 0.2) is 28.9 Å². The second-order valence-electron chi connectivity index (χ2n) is 7.58. The zero-order valence-electron chi connectivity index (χ0n) is 16.4. The summed E-state index contributed by atoms with van der Waals surface area (Å²) in [5.74, 6) is 0.485. The first-order valence-electron chi connectivity index (χ1n) is 9.86. The Labute approximate surface area is 169 Å². The van der Waals surface area contributed by atoms with Crippen molar-refractivity contribution in [1.82, 2.24) is 15.1 Å². The number of hydrogen-bond acceptors (Lipinski definition) is 6. The molecule has 8 nitrogen and oxygen atoms in total. The zero-order chi connectivity index (χ0) is 20.4. The smallest absolute Gasteiger partial charge is 0.255 e. The summed E-state index contributed by atoms with van der Waals surface area (Å²) in [6.45, 7) is 2.31. The van der Waals surface area contributed by atoms with E-state index in [-0.39, 0.29) is 23.9 Å². The van der Waals surface area contributed by atoms with E-state index in [9.17, 15) is 9.59 Å². The van der Waals surface area contributed by atoms with Crippen molar-refractivity contribution in [3.8, 4) is 11.8 Å². The first-order chi connectivity index (χ1) is 14.1. The van der Waals surface area contributed by atoms with E-state index in [0.717, 1.165) is 31.2 Å². The zero-order valence-corrected chi connectivity index (χ0v) is 16.4. The van der Waals surface area contributed by atoms with E-state index in [0.29, 0.717) is 36.5 Å². The lowest BCUT2D eigenvalue weighted by Gasteiger charge is -2.23. The van der Waals surface area contributed by atoms with E-state index in [1.165, 1.54) is 6.26 Å². The highest BCUT2D eigenvalue weighted by Gasteiger charge is 2.32. The normalized spacial score (nSPS) is 22.0. The van der Waals surface area contributed by atoms with Crippen LogP contribution in [-0.4, -0.2) is 67.0 Å². The maximum absolute atomic E-state index is 12.7. The molecule has 0 spiro atoms. The highest BCUT2D eigenvalue weighted by molar-refractivity contribution is 6.06. The van der Waals surface area contributed by atoms with Crippen molar-refractivity contribution in [1.29, 1.82) is 5.26 Å². The number of ether oxygens (including phenoxy) is 1. The number of methoxy groups -OCH3 is 1. The molecule has 0 radical (unpaired) electrons. The predicted molar refractivity (Wildman–Crippen MR) is 105 cm³/mol. The van der Waals surface area contributed by atoms with Gasteiger partial charge >= 0.3 is 0 Å². The lowest BCUT2D eigenvalue weighted by atomic mass is 10.1. The number of amides is 2. The summed E-state index contributed by atoms with van der Waals surface area (Å²) in [6, 6.07) is 7.24. The SMILES string of the molecule is COc1ccc2c(C(=O)N[C@H]3CCN(CC(=O)N4CCC[C@H]4C#N)C3)coc2c1. The molecule has 0 unspecified atom stereocenters. The van der Waals surface area contributed by atoms with Gasteiger partial charge in [-0.05, 0) is 31.4 Å². The average Bonchev–Trinajstić information content (AvgIpc) is 3.46. The number of nitrogens with one attached hydrogen (secondary N) is 1. The van der Waals surface area contributed by atoms with Crippen LogP contribution in [0.1, 0.15) is 29.6 Å². The van der Waals surface area contributed by atoms with Gasteiger partial charge in [0.05, 0.1) is 25.3 Å². The molecule has 2 aliphatic heterocycles. The minimum absolute atomic E-state index is 0.00389. The number of furan rings is 1. The first-order valence-corrected chi connectivity index (χ1v) is 9.86. The van der Waals surface area contributed by atoms with Crippen LogP contribution in [0.5, 0.6) is 5.75 Å². The van der Waals surface area contributed by atoms with Gasteiger partial charge in [-0.25, -0.2) is 0 Å². The van der Waals surface area contributed by atoms with Crippen LogP contribution in [0, 0.1) is 11.3 Å². The highest BCUT2D eigenvalue weighted by Crippen LogP contribution is 2.26. The van der Waals surface area contributed by atoms with Crippen molar-refractivity contribution in [2.75, 3.05) is 33.3 Å². The van der Waals surface area contributed by atoms with Crippen LogP contribution in [-0.2, 0) is 4.79 Å². The third kappa shape index (κ3) is 3.91. The van der Waals surface area contributed by atoms with Gasteiger partial charge in [-0.3, -0.25) is 14.5 Å². The van der Waals surface area contributed by atoms with Crippen molar-refractivity contribution in [3.63, 3.8) is 0 Å². The number of fused-ring (bicyclic) bond motifs is 1. The Kier molecular flexibility index (Phi) is 5.41. The first kappa shape index (κ1) is 19.3. The molecule has 1 N–H and O–H groups in total. The van der Waals surface area contributed by atoms with Gasteiger partial charge in [-0.1, -0.05) is 0 Å². The van der Waals surface area contributed by atoms with Crippen molar-refractivity contribution in [2.24, 2.45) is 0 Å². The minimum Gasteiger partial charge on any atom is -0.497 e. The summed E-state index contributed by atoms with van der Waals surface area (Å²) in [7, 11) is 1.58. The Bertz CT molecular complexity index is 963. The van der Waals surface area contributed by atoms with E-state index in [4.69, 9.17) is 14.4 Å². The van der Waals surface area contributed by atoms with Gasteiger partial charge < -0.3 is 19.4 Å². The Balaban J connectivity index is 1.34. The molecule has 2 aromatic rings. The maximum atomic E-state index is 12.7. The highest BCUT2D eigenvalue weighted by atomic mass is 16.5. The second-order valence-corrected chi connectivity index (χ2v) is 7.58. The fourth-order valence-corrected chi connectivity index (χ4v) is 4.15. The summed E-state index contributed by atoms with van der Waals surface area (Å²) >= 11 is 0. The largest absolute Gasteiger partial charge is 0.497 e. The molecular weight excluding hydrogens is 372 g/mol. The standard InChI is InChI=1S/C21H24N4O4/c1-28-16-4-5-17-18(13-29-19(17)9-16)21(27)23-14-6-8-24(11-14)12-20(26)25-7-2-3-15(25)10-22/h4-5,9,13-15H,2-3,6-8,11-12H2,1H3,(H,23,27)/t14-,15-/m0/s1. The molecular formula is C21H24N4O4. The van der Waals surface area contributed by atoms with E-state index >= 15 is 0 Å². The molecule has 4 rings (SSSR count).